The third kappa shape index (κ3) is 4.70. The second-order valence-corrected chi connectivity index (χ2v) is 3.58. The van der Waals surface area contributed by atoms with Gasteiger partial charge >= 0.3 is 0 Å². The smallest absolute Gasteiger partial charge is 0.150 e. The third-order valence-electron chi connectivity index (χ3n) is 2.24. The molecule has 0 unspecified atom stereocenters. The summed E-state index contributed by atoms with van der Waals surface area (Å²) in [7, 11) is 0. The van der Waals surface area contributed by atoms with E-state index < -0.39 is 0 Å². The average molecular weight is 206 g/mol. The van der Waals surface area contributed by atoms with Crippen LogP contribution < -0.4 is 5.32 Å². The molecule has 0 radical (unpaired) electrons. The zero-order valence-corrected chi connectivity index (χ0v) is 9.20. The Morgan fingerprint density at radius 1 is 1.47 bits per heavy atom. The molecule has 0 aliphatic carbocycles. The molecule has 1 rings (SSSR count). The number of hydrogen-bond acceptors (Lipinski definition) is 3. The number of aldehydes is 1. The molecule has 0 aromatic carbocycles. The number of carbonyl (C=O) groups excluding carboxylic acids is 1. The van der Waals surface area contributed by atoms with Crippen LogP contribution in [0, 0.1) is 0 Å². The van der Waals surface area contributed by atoms with E-state index in [4.69, 9.17) is 0 Å². The summed E-state index contributed by atoms with van der Waals surface area (Å²) in [6.07, 6.45) is 6.22. The fourth-order valence-electron chi connectivity index (χ4n) is 1.38. The Morgan fingerprint density at radius 3 is 3.07 bits per heavy atom. The summed E-state index contributed by atoms with van der Waals surface area (Å²) >= 11 is 0. The highest BCUT2D eigenvalue weighted by atomic mass is 16.1. The molecule has 3 nitrogen and oxygen atoms in total. The molecular weight excluding hydrogens is 188 g/mol. The number of aromatic nitrogens is 1. The molecule has 15 heavy (non-hydrogen) atoms. The minimum absolute atomic E-state index is 0.690. The second-order valence-electron chi connectivity index (χ2n) is 3.58. The Labute approximate surface area is 90.9 Å². The van der Waals surface area contributed by atoms with Gasteiger partial charge in [0.2, 0.25) is 0 Å². The number of pyridine rings is 1. The van der Waals surface area contributed by atoms with Crippen LogP contribution in [0.2, 0.25) is 0 Å². The molecule has 0 atom stereocenters. The molecule has 0 saturated carbocycles. The first kappa shape index (κ1) is 11.9. The van der Waals surface area contributed by atoms with Crippen LogP contribution in [0.5, 0.6) is 0 Å². The van der Waals surface area contributed by atoms with Crippen molar-refractivity contribution in [3.63, 3.8) is 0 Å². The van der Waals surface area contributed by atoms with Crippen molar-refractivity contribution in [1.29, 1.82) is 0 Å². The predicted molar refractivity (Wildman–Crippen MR) is 60.9 cm³/mol. The number of hydrogen-bond donors (Lipinski definition) is 1. The van der Waals surface area contributed by atoms with Gasteiger partial charge in [-0.05, 0) is 25.1 Å². The summed E-state index contributed by atoms with van der Waals surface area (Å²) in [4.78, 5) is 14.7. The maximum atomic E-state index is 10.5. The minimum atomic E-state index is 0.690. The highest BCUT2D eigenvalue weighted by Crippen LogP contribution is 1.99. The van der Waals surface area contributed by atoms with Gasteiger partial charge in [0.15, 0.2) is 0 Å². The van der Waals surface area contributed by atoms with Gasteiger partial charge in [-0.15, -0.1) is 0 Å². The molecule has 0 fully saturated rings. The molecule has 0 amide bonds. The number of unbranched alkanes of at least 4 members (excludes halogenated alkanes) is 2. The fraction of sp³-hybridized carbons (Fsp3) is 0.500. The fourth-order valence-corrected chi connectivity index (χ4v) is 1.38. The van der Waals surface area contributed by atoms with Gasteiger partial charge in [0, 0.05) is 18.3 Å². The molecular formula is C12H18N2O. The maximum Gasteiger partial charge on any atom is 0.150 e. The van der Waals surface area contributed by atoms with Crippen LogP contribution in [0.1, 0.15) is 42.2 Å². The molecule has 0 spiro atoms. The lowest BCUT2D eigenvalue weighted by Gasteiger charge is -2.03. The van der Waals surface area contributed by atoms with Gasteiger partial charge in [0.25, 0.3) is 0 Å². The van der Waals surface area contributed by atoms with Crippen molar-refractivity contribution in [2.75, 3.05) is 6.54 Å². The summed E-state index contributed by atoms with van der Waals surface area (Å²) < 4.78 is 0. The number of carbonyl (C=O) groups is 1. The molecule has 0 saturated heterocycles. The second kappa shape index (κ2) is 7.12. The quantitative estimate of drug-likeness (QED) is 0.549. The van der Waals surface area contributed by atoms with Crippen LogP contribution in [-0.2, 0) is 6.54 Å². The Balaban J connectivity index is 2.27. The van der Waals surface area contributed by atoms with Crippen molar-refractivity contribution >= 4 is 6.29 Å². The number of rotatable bonds is 7. The average Bonchev–Trinajstić information content (AvgIpc) is 2.29. The summed E-state index contributed by atoms with van der Waals surface area (Å²) in [6.45, 7) is 3.95. The Bertz CT molecular complexity index is 299. The van der Waals surface area contributed by atoms with Crippen LogP contribution >= 0.6 is 0 Å². The van der Waals surface area contributed by atoms with Crippen LogP contribution in [0.3, 0.4) is 0 Å². The summed E-state index contributed by atoms with van der Waals surface area (Å²) in [5.74, 6) is 0. The molecule has 0 aliphatic heterocycles. The number of nitrogens with one attached hydrogen (secondary N) is 1. The van der Waals surface area contributed by atoms with E-state index in [2.05, 4.69) is 17.2 Å². The van der Waals surface area contributed by atoms with Crippen LogP contribution in [0.15, 0.2) is 18.3 Å². The zero-order chi connectivity index (χ0) is 10.9. The van der Waals surface area contributed by atoms with Crippen LogP contribution in [0.4, 0.5) is 0 Å². The lowest BCUT2D eigenvalue weighted by Crippen LogP contribution is -2.15. The van der Waals surface area contributed by atoms with E-state index in [9.17, 15) is 4.79 Å². The monoisotopic (exact) mass is 206 g/mol. The van der Waals surface area contributed by atoms with Crippen molar-refractivity contribution in [1.82, 2.24) is 10.3 Å². The Hall–Kier alpha value is -1.22. The van der Waals surface area contributed by atoms with E-state index >= 15 is 0 Å². The lowest BCUT2D eigenvalue weighted by atomic mass is 10.2. The topological polar surface area (TPSA) is 42.0 Å². The molecule has 3 heteroatoms. The SMILES string of the molecule is CCCCCNCc1cc(C=O)ccn1. The molecule has 1 heterocycles. The van der Waals surface area contributed by atoms with Crippen molar-refractivity contribution in [3.8, 4) is 0 Å². The molecule has 0 aliphatic rings. The van der Waals surface area contributed by atoms with E-state index in [1.165, 1.54) is 19.3 Å². The highest BCUT2D eigenvalue weighted by Gasteiger charge is 1.95. The first-order valence-corrected chi connectivity index (χ1v) is 5.47. The van der Waals surface area contributed by atoms with Crippen LogP contribution in [-0.4, -0.2) is 17.8 Å². The number of nitrogens with zero attached hydrogens (tertiary/aromatic N) is 1. The lowest BCUT2D eigenvalue weighted by molar-refractivity contribution is 0.112. The summed E-state index contributed by atoms with van der Waals surface area (Å²) in [6, 6.07) is 3.54. The normalized spacial score (nSPS) is 10.2. The summed E-state index contributed by atoms with van der Waals surface area (Å²) in [5.41, 5.74) is 1.62. The first-order chi connectivity index (χ1) is 7.36. The van der Waals surface area contributed by atoms with Gasteiger partial charge in [-0.2, -0.15) is 0 Å². The van der Waals surface area contributed by atoms with Gasteiger partial charge in [-0.1, -0.05) is 19.8 Å². The molecule has 1 aromatic heterocycles. The molecule has 82 valence electrons. The molecule has 1 N–H and O–H groups in total. The van der Waals surface area contributed by atoms with E-state index in [-0.39, 0.29) is 0 Å². The summed E-state index contributed by atoms with van der Waals surface area (Å²) in [5, 5.41) is 3.31. The van der Waals surface area contributed by atoms with Crippen LogP contribution in [0.25, 0.3) is 0 Å². The predicted octanol–water partition coefficient (Wildman–Crippen LogP) is 2.17. The third-order valence-corrected chi connectivity index (χ3v) is 2.24. The Kier molecular flexibility index (Phi) is 5.63. The first-order valence-electron chi connectivity index (χ1n) is 5.47. The standard InChI is InChI=1S/C12H18N2O/c1-2-3-4-6-13-9-12-8-11(10-15)5-7-14-12/h5,7-8,10,13H,2-4,6,9H2,1H3. The van der Waals surface area contributed by atoms with E-state index in [1.807, 2.05) is 6.07 Å². The van der Waals surface area contributed by atoms with Crippen molar-refractivity contribution in [3.05, 3.63) is 29.6 Å². The van der Waals surface area contributed by atoms with Gasteiger partial charge < -0.3 is 5.32 Å². The van der Waals surface area contributed by atoms with E-state index in [0.717, 1.165) is 25.1 Å². The largest absolute Gasteiger partial charge is 0.311 e. The maximum absolute atomic E-state index is 10.5. The van der Waals surface area contributed by atoms with Crippen molar-refractivity contribution < 1.29 is 4.79 Å². The minimum Gasteiger partial charge on any atom is -0.311 e. The van der Waals surface area contributed by atoms with Gasteiger partial charge in [0.1, 0.15) is 6.29 Å². The molecule has 1 aromatic rings. The molecule has 0 bridgehead atoms. The van der Waals surface area contributed by atoms with Gasteiger partial charge in [0.05, 0.1) is 5.69 Å². The van der Waals surface area contributed by atoms with E-state index in [1.54, 1.807) is 12.3 Å². The Morgan fingerprint density at radius 2 is 2.33 bits per heavy atom. The zero-order valence-electron chi connectivity index (χ0n) is 9.20. The van der Waals surface area contributed by atoms with Crippen molar-refractivity contribution in [2.24, 2.45) is 0 Å². The highest BCUT2D eigenvalue weighted by molar-refractivity contribution is 5.74. The van der Waals surface area contributed by atoms with Gasteiger partial charge in [-0.25, -0.2) is 0 Å². The van der Waals surface area contributed by atoms with Crippen molar-refractivity contribution in [2.45, 2.75) is 32.7 Å². The van der Waals surface area contributed by atoms with Gasteiger partial charge in [-0.3, -0.25) is 9.78 Å². The van der Waals surface area contributed by atoms with E-state index in [0.29, 0.717) is 5.56 Å².